The van der Waals surface area contributed by atoms with E-state index in [-0.39, 0.29) is 18.4 Å². The van der Waals surface area contributed by atoms with Crippen LogP contribution in [0.2, 0.25) is 0 Å². The van der Waals surface area contributed by atoms with Gasteiger partial charge in [-0.05, 0) is 47.3 Å². The number of benzene rings is 5. The number of carbonyl (C=O) groups is 2. The lowest BCUT2D eigenvalue weighted by atomic mass is 10.1. The molecule has 0 aliphatic heterocycles. The fourth-order valence-electron chi connectivity index (χ4n) is 4.08. The Bertz CT molecular complexity index is 1540. The number of fused-ring (bicyclic) bond motifs is 1. The lowest BCUT2D eigenvalue weighted by molar-refractivity contribution is -0.118. The zero-order chi connectivity index (χ0) is 26.2. The van der Waals surface area contributed by atoms with Crippen LogP contribution >= 0.6 is 11.8 Å². The fraction of sp³-hybridized carbons (Fsp3) is 0.0625. The molecule has 0 saturated carbocycles. The second-order valence-corrected chi connectivity index (χ2v) is 9.78. The summed E-state index contributed by atoms with van der Waals surface area (Å²) in [7, 11) is 0. The minimum absolute atomic E-state index is 0.0958. The van der Waals surface area contributed by atoms with E-state index in [1.54, 1.807) is 12.1 Å². The molecule has 1 atom stereocenters. The summed E-state index contributed by atoms with van der Waals surface area (Å²) < 4.78 is 5.54. The number of para-hydroxylation sites is 1. The van der Waals surface area contributed by atoms with Crippen molar-refractivity contribution in [1.29, 1.82) is 0 Å². The first-order chi connectivity index (χ1) is 18.7. The summed E-state index contributed by atoms with van der Waals surface area (Å²) in [6.07, 6.45) is 0. The van der Waals surface area contributed by atoms with E-state index in [2.05, 4.69) is 10.6 Å². The Morgan fingerprint density at radius 1 is 0.711 bits per heavy atom. The van der Waals surface area contributed by atoms with E-state index in [0.29, 0.717) is 11.4 Å². The Labute approximate surface area is 225 Å². The van der Waals surface area contributed by atoms with Crippen molar-refractivity contribution in [3.63, 3.8) is 0 Å². The molecule has 0 aromatic heterocycles. The summed E-state index contributed by atoms with van der Waals surface area (Å²) in [5, 5.41) is 7.57. The molecular weight excluding hydrogens is 492 g/mol. The first-order valence-electron chi connectivity index (χ1n) is 12.2. The van der Waals surface area contributed by atoms with E-state index in [4.69, 9.17) is 4.74 Å². The van der Waals surface area contributed by atoms with Crippen molar-refractivity contribution in [3.8, 4) is 5.75 Å². The maximum Gasteiger partial charge on any atom is 0.262 e. The monoisotopic (exact) mass is 518 g/mol. The Balaban J connectivity index is 1.32. The van der Waals surface area contributed by atoms with Gasteiger partial charge in [0.1, 0.15) is 11.0 Å². The smallest absolute Gasteiger partial charge is 0.262 e. The SMILES string of the molecule is O=C(COc1ccccc1)Nc1cccc(SC(C(=O)Nc2cccc3ccccc23)c2ccccc2)c1. The molecule has 5 aromatic carbocycles. The Morgan fingerprint density at radius 3 is 2.21 bits per heavy atom. The highest BCUT2D eigenvalue weighted by molar-refractivity contribution is 8.00. The first-order valence-corrected chi connectivity index (χ1v) is 13.1. The Morgan fingerprint density at radius 2 is 1.39 bits per heavy atom. The van der Waals surface area contributed by atoms with E-state index in [1.165, 1.54) is 11.8 Å². The van der Waals surface area contributed by atoms with Gasteiger partial charge in [-0.25, -0.2) is 0 Å². The molecule has 38 heavy (non-hydrogen) atoms. The van der Waals surface area contributed by atoms with Crippen LogP contribution in [0.3, 0.4) is 0 Å². The molecule has 0 aliphatic carbocycles. The molecule has 0 fully saturated rings. The molecular formula is C32H26N2O3S. The van der Waals surface area contributed by atoms with Crippen LogP contribution in [0.25, 0.3) is 10.8 Å². The number of anilines is 2. The summed E-state index contributed by atoms with van der Waals surface area (Å²) in [5.41, 5.74) is 2.30. The summed E-state index contributed by atoms with van der Waals surface area (Å²) >= 11 is 1.43. The van der Waals surface area contributed by atoms with Crippen LogP contribution in [-0.4, -0.2) is 18.4 Å². The molecule has 1 unspecified atom stereocenters. The Kier molecular flexibility index (Phi) is 8.01. The zero-order valence-electron chi connectivity index (χ0n) is 20.5. The van der Waals surface area contributed by atoms with Gasteiger partial charge in [0.2, 0.25) is 5.91 Å². The standard InChI is InChI=1S/C32H26N2O3S/c35-30(22-37-26-16-5-2-6-17-26)33-25-15-10-18-27(21-25)38-31(24-12-3-1-4-13-24)32(36)34-29-20-9-14-23-11-7-8-19-28(23)29/h1-21,31H,22H2,(H,33,35)(H,34,36). The molecule has 6 heteroatoms. The van der Waals surface area contributed by atoms with E-state index in [1.807, 2.05) is 115 Å². The number of carbonyl (C=O) groups excluding carboxylic acids is 2. The van der Waals surface area contributed by atoms with Crippen molar-refractivity contribution >= 4 is 45.7 Å². The van der Waals surface area contributed by atoms with E-state index >= 15 is 0 Å². The third kappa shape index (κ3) is 6.41. The molecule has 188 valence electrons. The molecule has 0 heterocycles. The summed E-state index contributed by atoms with van der Waals surface area (Å²) in [6.45, 7) is -0.0958. The van der Waals surface area contributed by atoms with Gasteiger partial charge in [-0.1, -0.05) is 91.0 Å². The van der Waals surface area contributed by atoms with Crippen molar-refractivity contribution in [2.24, 2.45) is 0 Å². The van der Waals surface area contributed by atoms with Crippen LogP contribution in [0.5, 0.6) is 5.75 Å². The molecule has 0 radical (unpaired) electrons. The minimum Gasteiger partial charge on any atom is -0.484 e. The van der Waals surface area contributed by atoms with Gasteiger partial charge >= 0.3 is 0 Å². The summed E-state index contributed by atoms with van der Waals surface area (Å²) in [5.74, 6) is 0.252. The van der Waals surface area contributed by atoms with Gasteiger partial charge in [0, 0.05) is 21.7 Å². The van der Waals surface area contributed by atoms with Crippen LogP contribution in [0.15, 0.2) is 132 Å². The van der Waals surface area contributed by atoms with Crippen LogP contribution in [0.1, 0.15) is 10.8 Å². The number of amides is 2. The lowest BCUT2D eigenvalue weighted by Crippen LogP contribution is -2.20. The van der Waals surface area contributed by atoms with Gasteiger partial charge in [0.25, 0.3) is 5.91 Å². The highest BCUT2D eigenvalue weighted by Crippen LogP contribution is 2.37. The van der Waals surface area contributed by atoms with Crippen molar-refractivity contribution in [2.75, 3.05) is 17.2 Å². The first kappa shape index (κ1) is 25.1. The summed E-state index contributed by atoms with van der Waals surface area (Å²) in [4.78, 5) is 26.9. The van der Waals surface area contributed by atoms with Gasteiger partial charge in [-0.15, -0.1) is 11.8 Å². The average Bonchev–Trinajstić information content (AvgIpc) is 2.96. The van der Waals surface area contributed by atoms with Crippen LogP contribution in [0.4, 0.5) is 11.4 Å². The number of ether oxygens (including phenoxy) is 1. The number of hydrogen-bond acceptors (Lipinski definition) is 4. The van der Waals surface area contributed by atoms with Crippen molar-refractivity contribution in [3.05, 3.63) is 133 Å². The molecule has 0 aliphatic rings. The molecule has 5 aromatic rings. The third-order valence-electron chi connectivity index (χ3n) is 5.87. The third-order valence-corrected chi connectivity index (χ3v) is 7.12. The predicted octanol–water partition coefficient (Wildman–Crippen LogP) is 7.33. The maximum atomic E-state index is 13.6. The van der Waals surface area contributed by atoms with Crippen LogP contribution < -0.4 is 15.4 Å². The molecule has 2 N–H and O–H groups in total. The topological polar surface area (TPSA) is 67.4 Å². The van der Waals surface area contributed by atoms with Crippen LogP contribution in [-0.2, 0) is 9.59 Å². The van der Waals surface area contributed by atoms with Gasteiger partial charge in [-0.3, -0.25) is 9.59 Å². The quantitative estimate of drug-likeness (QED) is 0.201. The van der Waals surface area contributed by atoms with Gasteiger partial charge in [0.15, 0.2) is 6.61 Å². The van der Waals surface area contributed by atoms with Crippen LogP contribution in [0, 0.1) is 0 Å². The second kappa shape index (κ2) is 12.1. The van der Waals surface area contributed by atoms with Gasteiger partial charge in [-0.2, -0.15) is 0 Å². The predicted molar refractivity (Wildman–Crippen MR) is 155 cm³/mol. The minimum atomic E-state index is -0.498. The molecule has 5 nitrogen and oxygen atoms in total. The average molecular weight is 519 g/mol. The van der Waals surface area contributed by atoms with E-state index in [9.17, 15) is 9.59 Å². The second-order valence-electron chi connectivity index (χ2n) is 8.60. The molecule has 2 amide bonds. The molecule has 0 spiro atoms. The fourth-order valence-corrected chi connectivity index (χ4v) is 5.16. The lowest BCUT2D eigenvalue weighted by Gasteiger charge is -2.18. The molecule has 0 bridgehead atoms. The highest BCUT2D eigenvalue weighted by atomic mass is 32.2. The number of nitrogens with one attached hydrogen (secondary N) is 2. The van der Waals surface area contributed by atoms with Crippen molar-refractivity contribution in [1.82, 2.24) is 0 Å². The number of thioether (sulfide) groups is 1. The van der Waals surface area contributed by atoms with Gasteiger partial charge < -0.3 is 15.4 Å². The van der Waals surface area contributed by atoms with E-state index < -0.39 is 5.25 Å². The normalized spacial score (nSPS) is 11.5. The number of hydrogen-bond donors (Lipinski definition) is 2. The van der Waals surface area contributed by atoms with E-state index in [0.717, 1.165) is 26.9 Å². The van der Waals surface area contributed by atoms with Gasteiger partial charge in [0.05, 0.1) is 0 Å². The highest BCUT2D eigenvalue weighted by Gasteiger charge is 2.23. The van der Waals surface area contributed by atoms with Crippen molar-refractivity contribution in [2.45, 2.75) is 10.1 Å². The van der Waals surface area contributed by atoms with Crippen molar-refractivity contribution < 1.29 is 14.3 Å². The maximum absolute atomic E-state index is 13.6. The summed E-state index contributed by atoms with van der Waals surface area (Å²) in [6, 6.07) is 40.2. The zero-order valence-corrected chi connectivity index (χ0v) is 21.4. The molecule has 5 rings (SSSR count). The molecule has 0 saturated heterocycles. The Hall–Kier alpha value is -4.55. The number of rotatable bonds is 9. The largest absolute Gasteiger partial charge is 0.484 e.